The lowest BCUT2D eigenvalue weighted by Crippen LogP contribution is -2.49. The minimum atomic E-state index is -9.85. The van der Waals surface area contributed by atoms with Gasteiger partial charge in [0.15, 0.2) is 5.54 Å². The van der Waals surface area contributed by atoms with Crippen molar-refractivity contribution in [3.63, 3.8) is 0 Å². The molecule has 0 heterocycles. The van der Waals surface area contributed by atoms with Crippen LogP contribution in [0.4, 0.5) is 19.4 Å². The van der Waals surface area contributed by atoms with Crippen molar-refractivity contribution < 1.29 is 29.0 Å². The Kier molecular flexibility index (Phi) is 5.46. The fraction of sp³-hybridized carbons (Fsp3) is 0.167. The van der Waals surface area contributed by atoms with Crippen LogP contribution in [0.25, 0.3) is 0 Å². The van der Waals surface area contributed by atoms with E-state index in [0.29, 0.717) is 12.1 Å². The molecule has 1 N–H and O–H groups in total. The Balaban J connectivity index is 2.14. The molecule has 0 radical (unpaired) electrons. The summed E-state index contributed by atoms with van der Waals surface area (Å²) in [5, 5.41) is 20.5. The molecule has 12 heteroatoms. The number of hydrogen-bond donors (Lipinski definition) is 1. The molecule has 0 aliphatic heterocycles. The lowest BCUT2D eigenvalue weighted by molar-refractivity contribution is 0.0901. The highest BCUT2D eigenvalue weighted by molar-refractivity contribution is 8.45. The third kappa shape index (κ3) is 5.75. The minimum Gasteiger partial charge on any atom is -0.488 e. The molecule has 0 saturated heterocycles. The zero-order chi connectivity index (χ0) is 22.9. The fourth-order valence-corrected chi connectivity index (χ4v) is 3.08. The quantitative estimate of drug-likeness (QED) is 0.533. The van der Waals surface area contributed by atoms with Gasteiger partial charge in [-0.1, -0.05) is 31.0 Å². The van der Waals surface area contributed by atoms with Crippen LogP contribution in [0, 0.1) is 22.7 Å². The lowest BCUT2D eigenvalue weighted by Gasteiger charge is -2.40. The molecule has 0 fully saturated rings. The summed E-state index contributed by atoms with van der Waals surface area (Å²) in [6.45, 7) is 0.885. The predicted molar refractivity (Wildman–Crippen MR) is 101 cm³/mol. The number of rotatable bonds is 6. The van der Waals surface area contributed by atoms with Crippen LogP contribution in [-0.2, 0) is 0 Å². The fourth-order valence-electron chi connectivity index (χ4n) is 2.19. The van der Waals surface area contributed by atoms with E-state index in [1.54, 1.807) is 6.07 Å². The van der Waals surface area contributed by atoms with Crippen molar-refractivity contribution in [1.82, 2.24) is 5.32 Å². The monoisotopic (exact) mass is 465 g/mol. The van der Waals surface area contributed by atoms with E-state index in [0.717, 1.165) is 0 Å². The Morgan fingerprint density at radius 3 is 2.20 bits per heavy atom. The number of halogens is 6. The third-order valence-corrected chi connectivity index (χ3v) is 5.23. The van der Waals surface area contributed by atoms with E-state index in [-0.39, 0.29) is 34.0 Å². The van der Waals surface area contributed by atoms with Gasteiger partial charge in [-0.25, -0.2) is 0 Å². The highest BCUT2D eigenvalue weighted by Crippen LogP contribution is 3.02. The molecule has 0 aliphatic carbocycles. The zero-order valence-corrected chi connectivity index (χ0v) is 16.7. The Hall–Kier alpha value is -3.02. The normalized spacial score (nSPS) is 15.5. The molecule has 1 atom stereocenters. The standard InChI is InChI=1S/C18H13ClF5N3O2S/c1-18(10-26,11-29-16-7-2-12(9-25)8-15(16)19)27-17(28)13-3-5-14(6-4-13)30(20,21,22,23)24/h2-8H,11H2,1H3,(H,27,28). The van der Waals surface area contributed by atoms with Crippen LogP contribution in [0.3, 0.4) is 0 Å². The molecule has 0 aromatic heterocycles. The van der Waals surface area contributed by atoms with Crippen molar-refractivity contribution in [3.05, 3.63) is 58.6 Å². The lowest BCUT2D eigenvalue weighted by atomic mass is 10.1. The van der Waals surface area contributed by atoms with Gasteiger partial charge in [0.2, 0.25) is 0 Å². The van der Waals surface area contributed by atoms with Gasteiger partial charge in [0.1, 0.15) is 17.3 Å². The predicted octanol–water partition coefficient (Wildman–Crippen LogP) is 5.96. The number of amides is 1. The van der Waals surface area contributed by atoms with Crippen molar-refractivity contribution >= 4 is 27.7 Å². The molecule has 2 rings (SSSR count). The molecule has 2 aromatic rings. The summed E-state index contributed by atoms with van der Waals surface area (Å²) >= 11 is 5.96. The zero-order valence-electron chi connectivity index (χ0n) is 15.1. The van der Waals surface area contributed by atoms with E-state index >= 15 is 0 Å². The van der Waals surface area contributed by atoms with Crippen molar-refractivity contribution in [1.29, 1.82) is 10.5 Å². The number of hydrogen-bond acceptors (Lipinski definition) is 4. The van der Waals surface area contributed by atoms with Crippen LogP contribution in [-0.4, -0.2) is 18.1 Å². The average Bonchev–Trinajstić information content (AvgIpc) is 2.65. The van der Waals surface area contributed by atoms with Crippen molar-refractivity contribution in [2.45, 2.75) is 17.4 Å². The second kappa shape index (κ2) is 7.04. The molecular formula is C18H13ClF5N3O2S. The second-order valence-corrected chi connectivity index (χ2v) is 9.25. The summed E-state index contributed by atoms with van der Waals surface area (Å²) in [6, 6.07) is 9.18. The van der Waals surface area contributed by atoms with E-state index in [9.17, 15) is 29.5 Å². The average molecular weight is 466 g/mol. The molecule has 0 spiro atoms. The summed E-state index contributed by atoms with van der Waals surface area (Å²) in [6.07, 6.45) is 0. The Bertz CT molecular complexity index is 1080. The topological polar surface area (TPSA) is 85.9 Å². The van der Waals surface area contributed by atoms with Crippen LogP contribution >= 0.6 is 21.8 Å². The molecular weight excluding hydrogens is 453 g/mol. The molecule has 160 valence electrons. The van der Waals surface area contributed by atoms with Gasteiger partial charge in [-0.2, -0.15) is 10.5 Å². The van der Waals surface area contributed by atoms with Crippen molar-refractivity contribution in [3.8, 4) is 17.9 Å². The van der Waals surface area contributed by atoms with Crippen LogP contribution in [0.15, 0.2) is 47.4 Å². The molecule has 0 saturated carbocycles. The van der Waals surface area contributed by atoms with E-state index < -0.39 is 33.2 Å². The van der Waals surface area contributed by atoms with Crippen LogP contribution in [0.5, 0.6) is 5.75 Å². The van der Waals surface area contributed by atoms with Crippen molar-refractivity contribution in [2.75, 3.05) is 6.61 Å². The van der Waals surface area contributed by atoms with Gasteiger partial charge in [0.25, 0.3) is 5.91 Å². The van der Waals surface area contributed by atoms with Crippen LogP contribution in [0.2, 0.25) is 5.02 Å². The van der Waals surface area contributed by atoms with Gasteiger partial charge in [0.05, 0.1) is 22.7 Å². The number of nitriles is 2. The number of ether oxygens (including phenoxy) is 1. The van der Waals surface area contributed by atoms with Crippen molar-refractivity contribution in [2.24, 2.45) is 0 Å². The first kappa shape index (κ1) is 23.3. The van der Waals surface area contributed by atoms with Crippen LogP contribution in [0.1, 0.15) is 22.8 Å². The highest BCUT2D eigenvalue weighted by atomic mass is 35.5. The molecule has 0 bridgehead atoms. The Morgan fingerprint density at radius 2 is 1.73 bits per heavy atom. The maximum absolute atomic E-state index is 12.8. The number of nitrogens with zero attached hydrogens (tertiary/aromatic N) is 2. The van der Waals surface area contributed by atoms with Gasteiger partial charge < -0.3 is 10.1 Å². The Morgan fingerprint density at radius 1 is 1.13 bits per heavy atom. The summed E-state index contributed by atoms with van der Waals surface area (Å²) < 4.78 is 69.2. The van der Waals surface area contributed by atoms with E-state index in [4.69, 9.17) is 21.6 Å². The number of carbonyl (C=O) groups excluding carboxylic acids is 1. The van der Waals surface area contributed by atoms with Gasteiger partial charge in [0, 0.05) is 5.56 Å². The highest BCUT2D eigenvalue weighted by Gasteiger charge is 2.65. The first-order valence-corrected chi connectivity index (χ1v) is 10.3. The summed E-state index contributed by atoms with van der Waals surface area (Å²) in [7, 11) is -9.85. The van der Waals surface area contributed by atoms with E-state index in [1.165, 1.54) is 25.1 Å². The molecule has 0 aliphatic rings. The maximum Gasteiger partial charge on any atom is 0.310 e. The van der Waals surface area contributed by atoms with Gasteiger partial charge >= 0.3 is 10.2 Å². The van der Waals surface area contributed by atoms with Crippen LogP contribution < -0.4 is 10.1 Å². The molecule has 1 amide bonds. The van der Waals surface area contributed by atoms with Gasteiger partial charge in [-0.3, -0.25) is 4.79 Å². The summed E-state index contributed by atoms with van der Waals surface area (Å²) in [4.78, 5) is 10.1. The molecule has 30 heavy (non-hydrogen) atoms. The number of benzene rings is 2. The van der Waals surface area contributed by atoms with E-state index in [2.05, 4.69) is 5.32 Å². The molecule has 1 unspecified atom stereocenters. The summed E-state index contributed by atoms with van der Waals surface area (Å²) in [5.74, 6) is -0.839. The Labute approximate surface area is 173 Å². The first-order chi connectivity index (χ1) is 13.6. The molecule has 2 aromatic carbocycles. The summed E-state index contributed by atoms with van der Waals surface area (Å²) in [5.41, 5.74) is -1.72. The maximum atomic E-state index is 12.8. The van der Waals surface area contributed by atoms with Gasteiger partial charge in [-0.05, 0) is 49.4 Å². The second-order valence-electron chi connectivity index (χ2n) is 6.44. The third-order valence-electron chi connectivity index (χ3n) is 3.78. The van der Waals surface area contributed by atoms with E-state index in [1.807, 2.05) is 6.07 Å². The first-order valence-electron chi connectivity index (χ1n) is 7.97. The molecule has 5 nitrogen and oxygen atoms in total. The smallest absolute Gasteiger partial charge is 0.310 e. The number of nitrogens with one attached hydrogen (secondary N) is 1. The largest absolute Gasteiger partial charge is 0.488 e. The van der Waals surface area contributed by atoms with Gasteiger partial charge in [-0.15, -0.1) is 0 Å². The minimum absolute atomic E-state index is 0.0900. The number of carbonyl (C=O) groups is 1. The SMILES string of the molecule is CC(C#N)(COc1ccc(C#N)cc1Cl)NC(=O)c1ccc(S(F)(F)(F)(F)F)cc1.